The van der Waals surface area contributed by atoms with Crippen molar-refractivity contribution in [3.05, 3.63) is 59.5 Å². The van der Waals surface area contributed by atoms with E-state index in [0.717, 1.165) is 19.4 Å². The van der Waals surface area contributed by atoms with E-state index < -0.39 is 0 Å². The van der Waals surface area contributed by atoms with E-state index in [1.54, 1.807) is 19.4 Å². The molecule has 1 aromatic carbocycles. The highest BCUT2D eigenvalue weighted by molar-refractivity contribution is 5.95. The lowest BCUT2D eigenvalue weighted by molar-refractivity contribution is 0.0507. The Labute approximate surface area is 130 Å². The van der Waals surface area contributed by atoms with Crippen LogP contribution >= 0.6 is 0 Å². The van der Waals surface area contributed by atoms with Crippen LogP contribution in [0.1, 0.15) is 28.1 Å². The number of hydrogen-bond donors (Lipinski definition) is 0. The Morgan fingerprint density at radius 2 is 2.09 bits per heavy atom. The number of aryl methyl sites for hydroxylation is 1. The van der Waals surface area contributed by atoms with Gasteiger partial charge in [0.2, 0.25) is 0 Å². The summed E-state index contributed by atoms with van der Waals surface area (Å²) < 4.78 is 10.9. The maximum Gasteiger partial charge on any atom is 0.257 e. The normalized spacial score (nSPS) is 21.3. The van der Waals surface area contributed by atoms with Crippen LogP contribution in [0.15, 0.2) is 47.1 Å². The molecule has 0 N–H and O–H groups in total. The Balaban J connectivity index is 1.83. The Morgan fingerprint density at radius 1 is 1.32 bits per heavy atom. The van der Waals surface area contributed by atoms with Crippen LogP contribution in [0.2, 0.25) is 0 Å². The number of ether oxygens (including phenoxy) is 1. The smallest absolute Gasteiger partial charge is 0.257 e. The third kappa shape index (κ3) is 2.79. The molecule has 0 radical (unpaired) electrons. The highest BCUT2D eigenvalue weighted by Gasteiger charge is 2.38. The van der Waals surface area contributed by atoms with Gasteiger partial charge >= 0.3 is 0 Å². The van der Waals surface area contributed by atoms with Crippen molar-refractivity contribution in [1.29, 1.82) is 0 Å². The lowest BCUT2D eigenvalue weighted by Crippen LogP contribution is -2.41. The summed E-state index contributed by atoms with van der Waals surface area (Å²) in [5.74, 6) is 0.705. The second-order valence-corrected chi connectivity index (χ2v) is 5.71. The van der Waals surface area contributed by atoms with Crippen LogP contribution in [-0.4, -0.2) is 36.6 Å². The summed E-state index contributed by atoms with van der Waals surface area (Å²) >= 11 is 0. The number of carbonyl (C=O) groups excluding carboxylic acids is 1. The molecule has 0 spiro atoms. The minimum Gasteiger partial charge on any atom is -0.469 e. The Morgan fingerprint density at radius 3 is 2.73 bits per heavy atom. The van der Waals surface area contributed by atoms with E-state index in [0.29, 0.717) is 11.3 Å². The van der Waals surface area contributed by atoms with Crippen molar-refractivity contribution < 1.29 is 13.9 Å². The molecule has 0 bridgehead atoms. The zero-order valence-corrected chi connectivity index (χ0v) is 13.0. The second kappa shape index (κ2) is 6.36. The van der Waals surface area contributed by atoms with Gasteiger partial charge in [0.25, 0.3) is 5.91 Å². The molecule has 4 heteroatoms. The predicted molar refractivity (Wildman–Crippen MR) is 83.8 cm³/mol. The van der Waals surface area contributed by atoms with Crippen molar-refractivity contribution in [1.82, 2.24) is 4.90 Å². The number of nitrogens with zero attached hydrogens (tertiary/aromatic N) is 1. The molecular formula is C18H21NO3. The largest absolute Gasteiger partial charge is 0.469 e. The molecule has 2 heterocycles. The maximum absolute atomic E-state index is 12.8. The summed E-state index contributed by atoms with van der Waals surface area (Å²) in [6.45, 7) is 2.54. The van der Waals surface area contributed by atoms with Crippen molar-refractivity contribution in [3.63, 3.8) is 0 Å². The summed E-state index contributed by atoms with van der Waals surface area (Å²) in [4.78, 5) is 14.7. The average Bonchev–Trinajstić information content (AvgIpc) is 3.14. The third-order valence-corrected chi connectivity index (χ3v) is 4.42. The van der Waals surface area contributed by atoms with E-state index in [4.69, 9.17) is 9.15 Å². The van der Waals surface area contributed by atoms with Crippen molar-refractivity contribution in [3.8, 4) is 0 Å². The number of likely N-dealkylation sites (tertiary alicyclic amines) is 1. The number of hydrogen-bond acceptors (Lipinski definition) is 3. The summed E-state index contributed by atoms with van der Waals surface area (Å²) in [7, 11) is 1.72. The lowest BCUT2D eigenvalue weighted by Gasteiger charge is -2.27. The minimum atomic E-state index is 0.0340. The van der Waals surface area contributed by atoms with Crippen LogP contribution in [0.25, 0.3) is 0 Å². The molecule has 22 heavy (non-hydrogen) atoms. The van der Waals surface area contributed by atoms with Crippen molar-refractivity contribution >= 4 is 5.91 Å². The molecule has 0 saturated carbocycles. The first-order valence-corrected chi connectivity index (χ1v) is 7.62. The van der Waals surface area contributed by atoms with Gasteiger partial charge in [-0.1, -0.05) is 30.3 Å². The van der Waals surface area contributed by atoms with Gasteiger partial charge in [0.15, 0.2) is 0 Å². The summed E-state index contributed by atoms with van der Waals surface area (Å²) in [5.41, 5.74) is 1.87. The molecule has 1 amide bonds. The van der Waals surface area contributed by atoms with Gasteiger partial charge in [-0.2, -0.15) is 0 Å². The van der Waals surface area contributed by atoms with Gasteiger partial charge in [-0.25, -0.2) is 0 Å². The quantitative estimate of drug-likeness (QED) is 0.871. The van der Waals surface area contributed by atoms with Gasteiger partial charge in [-0.15, -0.1) is 0 Å². The summed E-state index contributed by atoms with van der Waals surface area (Å²) in [6, 6.07) is 12.1. The lowest BCUT2D eigenvalue weighted by atomic mass is 10.0. The Kier molecular flexibility index (Phi) is 4.29. The molecule has 116 valence electrons. The molecule has 1 aliphatic heterocycles. The van der Waals surface area contributed by atoms with Crippen molar-refractivity contribution in [2.24, 2.45) is 0 Å². The van der Waals surface area contributed by atoms with Crippen molar-refractivity contribution in [2.75, 3.05) is 13.7 Å². The van der Waals surface area contributed by atoms with Gasteiger partial charge in [0.1, 0.15) is 5.76 Å². The zero-order valence-electron chi connectivity index (χ0n) is 13.0. The highest BCUT2D eigenvalue weighted by Crippen LogP contribution is 2.26. The number of methoxy groups -OCH3 is 1. The first-order chi connectivity index (χ1) is 10.7. The first-order valence-electron chi connectivity index (χ1n) is 7.62. The highest BCUT2D eigenvalue weighted by atomic mass is 16.5. The van der Waals surface area contributed by atoms with Crippen LogP contribution in [0.4, 0.5) is 0 Å². The van der Waals surface area contributed by atoms with Gasteiger partial charge in [-0.3, -0.25) is 4.79 Å². The standard InChI is InChI=1S/C18H21NO3/c1-13-15(9-11-22-13)18(20)19-10-8-17(21-2)16(19)12-14-6-4-3-5-7-14/h3-7,9,11,16-17H,8,10,12H2,1-2H3/t16-,17+/m0/s1. The predicted octanol–water partition coefficient (Wildman–Crippen LogP) is 3.06. The van der Waals surface area contributed by atoms with Gasteiger partial charge in [-0.05, 0) is 31.4 Å². The molecule has 1 aromatic heterocycles. The van der Waals surface area contributed by atoms with E-state index in [1.807, 2.05) is 30.0 Å². The Bertz CT molecular complexity index is 635. The van der Waals surface area contributed by atoms with E-state index in [1.165, 1.54) is 5.56 Å². The van der Waals surface area contributed by atoms with E-state index in [-0.39, 0.29) is 18.1 Å². The summed E-state index contributed by atoms with van der Waals surface area (Å²) in [5, 5.41) is 0. The SMILES string of the molecule is CO[C@@H]1CCN(C(=O)c2ccoc2C)[C@H]1Cc1ccccc1. The average molecular weight is 299 g/mol. The molecule has 1 fully saturated rings. The molecule has 4 nitrogen and oxygen atoms in total. The van der Waals surface area contributed by atoms with E-state index in [9.17, 15) is 4.79 Å². The number of carbonyl (C=O) groups is 1. The fourth-order valence-electron chi connectivity index (χ4n) is 3.21. The Hall–Kier alpha value is -2.07. The van der Waals surface area contributed by atoms with Gasteiger partial charge in [0.05, 0.1) is 24.0 Å². The van der Waals surface area contributed by atoms with Crippen molar-refractivity contribution in [2.45, 2.75) is 31.9 Å². The molecule has 2 atom stereocenters. The molecule has 0 unspecified atom stereocenters. The van der Waals surface area contributed by atoms with Crippen LogP contribution in [0.5, 0.6) is 0 Å². The molecule has 1 aliphatic rings. The van der Waals surface area contributed by atoms with Crippen LogP contribution in [0.3, 0.4) is 0 Å². The van der Waals surface area contributed by atoms with E-state index >= 15 is 0 Å². The minimum absolute atomic E-state index is 0.0340. The number of rotatable bonds is 4. The number of benzene rings is 1. The summed E-state index contributed by atoms with van der Waals surface area (Å²) in [6.07, 6.45) is 3.33. The fraction of sp³-hybridized carbons (Fsp3) is 0.389. The van der Waals surface area contributed by atoms with Crippen LogP contribution in [0, 0.1) is 6.92 Å². The molecular weight excluding hydrogens is 278 g/mol. The van der Waals surface area contributed by atoms with Crippen LogP contribution < -0.4 is 0 Å². The number of amides is 1. The molecule has 1 saturated heterocycles. The second-order valence-electron chi connectivity index (χ2n) is 5.71. The maximum atomic E-state index is 12.8. The first kappa shape index (κ1) is 14.9. The monoisotopic (exact) mass is 299 g/mol. The fourth-order valence-corrected chi connectivity index (χ4v) is 3.21. The van der Waals surface area contributed by atoms with Crippen LogP contribution in [-0.2, 0) is 11.2 Å². The third-order valence-electron chi connectivity index (χ3n) is 4.42. The van der Waals surface area contributed by atoms with Gasteiger partial charge in [0, 0.05) is 13.7 Å². The topological polar surface area (TPSA) is 42.7 Å². The van der Waals surface area contributed by atoms with E-state index in [2.05, 4.69) is 12.1 Å². The molecule has 3 rings (SSSR count). The zero-order chi connectivity index (χ0) is 15.5. The number of furan rings is 1. The van der Waals surface area contributed by atoms with Gasteiger partial charge < -0.3 is 14.1 Å². The molecule has 2 aromatic rings. The molecule has 0 aliphatic carbocycles.